The largest absolute Gasteiger partial charge is 0.457 e. The second kappa shape index (κ2) is 9.09. The number of carbonyl (C=O) groups is 1. The zero-order valence-corrected chi connectivity index (χ0v) is 17.4. The average molecular weight is 395 g/mol. The normalized spacial score (nSPS) is 14.6. The summed E-state index contributed by atoms with van der Waals surface area (Å²) in [5, 5.41) is 3.37. The van der Waals surface area contributed by atoms with Gasteiger partial charge in [-0.05, 0) is 63.2 Å². The van der Waals surface area contributed by atoms with Crippen LogP contribution in [0.2, 0.25) is 0 Å². The molecule has 0 amide bonds. The van der Waals surface area contributed by atoms with Crippen LogP contribution in [0.25, 0.3) is 6.08 Å². The highest BCUT2D eigenvalue weighted by Crippen LogP contribution is 2.19. The van der Waals surface area contributed by atoms with Gasteiger partial charge in [0.1, 0.15) is 5.60 Å². The number of benzene rings is 1. The van der Waals surface area contributed by atoms with Crippen molar-refractivity contribution in [2.24, 2.45) is 0 Å². The van der Waals surface area contributed by atoms with Gasteiger partial charge in [-0.1, -0.05) is 11.8 Å². The first-order valence-electron chi connectivity index (χ1n) is 9.48. The molecule has 2 heterocycles. The maximum atomic E-state index is 11.8. The molecule has 1 saturated heterocycles. The van der Waals surface area contributed by atoms with E-state index < -0.39 is 5.60 Å². The van der Waals surface area contributed by atoms with Crippen molar-refractivity contribution >= 4 is 29.1 Å². The van der Waals surface area contributed by atoms with Gasteiger partial charge in [0.25, 0.3) is 0 Å². The zero-order valence-electron chi connectivity index (χ0n) is 16.6. The van der Waals surface area contributed by atoms with Crippen LogP contribution in [-0.2, 0) is 9.53 Å². The van der Waals surface area contributed by atoms with E-state index in [1.54, 1.807) is 17.4 Å². The van der Waals surface area contributed by atoms with E-state index in [4.69, 9.17) is 4.74 Å². The lowest BCUT2D eigenvalue weighted by atomic mass is 10.2. The van der Waals surface area contributed by atoms with E-state index in [9.17, 15) is 4.79 Å². The van der Waals surface area contributed by atoms with Gasteiger partial charge in [-0.3, -0.25) is 0 Å². The van der Waals surface area contributed by atoms with E-state index in [1.165, 1.54) is 11.8 Å². The van der Waals surface area contributed by atoms with E-state index >= 15 is 0 Å². The quantitative estimate of drug-likeness (QED) is 0.487. The molecule has 1 aliphatic heterocycles. The molecule has 1 fully saturated rings. The van der Waals surface area contributed by atoms with E-state index in [0.29, 0.717) is 0 Å². The lowest BCUT2D eigenvalue weighted by molar-refractivity contribution is -0.148. The van der Waals surface area contributed by atoms with Crippen LogP contribution in [0.4, 0.5) is 5.69 Å². The first kappa shape index (κ1) is 20.2. The smallest absolute Gasteiger partial charge is 0.331 e. The number of hydrogen-bond donors (Lipinski definition) is 1. The van der Waals surface area contributed by atoms with E-state index in [1.807, 2.05) is 32.9 Å². The molecule has 5 heteroatoms. The fourth-order valence-electron chi connectivity index (χ4n) is 2.81. The summed E-state index contributed by atoms with van der Waals surface area (Å²) in [5.41, 5.74) is 1.77. The molecular weight excluding hydrogens is 368 g/mol. The number of hydrogen-bond acceptors (Lipinski definition) is 5. The first-order chi connectivity index (χ1) is 13.4. The van der Waals surface area contributed by atoms with E-state index in [-0.39, 0.29) is 5.97 Å². The summed E-state index contributed by atoms with van der Waals surface area (Å²) >= 11 is 1.55. The number of nitrogens with one attached hydrogen (secondary N) is 1. The highest BCUT2D eigenvalue weighted by molar-refractivity contribution is 7.13. The number of thiophene rings is 1. The summed E-state index contributed by atoms with van der Waals surface area (Å²) in [4.78, 5) is 16.1. The van der Waals surface area contributed by atoms with Crippen LogP contribution in [0.3, 0.4) is 0 Å². The van der Waals surface area contributed by atoms with Gasteiger partial charge in [0.15, 0.2) is 0 Å². The van der Waals surface area contributed by atoms with Crippen molar-refractivity contribution in [3.05, 3.63) is 57.8 Å². The lowest BCUT2D eigenvalue weighted by Gasteiger charge is -2.29. The SMILES string of the molecule is CC(C)(C)OC(=O)/C=C/c1ccc(C#Cc2ccc(N3CCNCC3)cc2)s1. The van der Waals surface area contributed by atoms with Gasteiger partial charge in [-0.15, -0.1) is 11.3 Å². The Morgan fingerprint density at radius 1 is 1.11 bits per heavy atom. The van der Waals surface area contributed by atoms with Gasteiger partial charge < -0.3 is 15.0 Å². The average Bonchev–Trinajstić information content (AvgIpc) is 3.12. The molecule has 28 heavy (non-hydrogen) atoms. The summed E-state index contributed by atoms with van der Waals surface area (Å²) in [6, 6.07) is 12.4. The number of nitrogens with zero attached hydrogens (tertiary/aromatic N) is 1. The Labute approximate surface area is 171 Å². The molecule has 0 unspecified atom stereocenters. The van der Waals surface area contributed by atoms with Crippen molar-refractivity contribution < 1.29 is 9.53 Å². The van der Waals surface area contributed by atoms with Crippen LogP contribution in [0.15, 0.2) is 42.5 Å². The molecule has 0 atom stereocenters. The first-order valence-corrected chi connectivity index (χ1v) is 10.3. The Bertz CT molecular complexity index is 889. The zero-order chi connectivity index (χ0) is 20.0. The molecule has 0 bridgehead atoms. The minimum absolute atomic E-state index is 0.335. The fourth-order valence-corrected chi connectivity index (χ4v) is 3.57. The van der Waals surface area contributed by atoms with Crippen molar-refractivity contribution in [3.8, 4) is 11.8 Å². The van der Waals surface area contributed by atoms with Crippen LogP contribution in [0.1, 0.15) is 36.1 Å². The summed E-state index contributed by atoms with van der Waals surface area (Å²) in [7, 11) is 0. The Hall–Kier alpha value is -2.55. The summed E-state index contributed by atoms with van der Waals surface area (Å²) < 4.78 is 5.27. The molecule has 1 aromatic heterocycles. The number of esters is 1. The molecule has 146 valence electrons. The molecule has 4 nitrogen and oxygen atoms in total. The molecule has 0 aliphatic carbocycles. The minimum atomic E-state index is -0.478. The summed E-state index contributed by atoms with van der Waals surface area (Å²) in [6.07, 6.45) is 3.23. The molecule has 3 rings (SSSR count). The second-order valence-electron chi connectivity index (χ2n) is 7.60. The van der Waals surface area contributed by atoms with Crippen LogP contribution in [-0.4, -0.2) is 37.7 Å². The molecule has 0 saturated carbocycles. The van der Waals surface area contributed by atoms with Gasteiger partial charge in [0.2, 0.25) is 0 Å². The van der Waals surface area contributed by atoms with Crippen molar-refractivity contribution in [1.82, 2.24) is 5.32 Å². The molecule has 1 aliphatic rings. The van der Waals surface area contributed by atoms with Gasteiger partial charge in [-0.25, -0.2) is 4.79 Å². The number of piperazine rings is 1. The predicted octanol–water partition coefficient (Wildman–Crippen LogP) is 3.91. The third-order valence-electron chi connectivity index (χ3n) is 4.10. The molecule has 2 aromatic rings. The Kier molecular flexibility index (Phi) is 6.56. The van der Waals surface area contributed by atoms with Crippen molar-refractivity contribution in [2.45, 2.75) is 26.4 Å². The predicted molar refractivity (Wildman–Crippen MR) is 117 cm³/mol. The molecular formula is C23H26N2O2S. The highest BCUT2D eigenvalue weighted by atomic mass is 32.1. The Morgan fingerprint density at radius 2 is 1.82 bits per heavy atom. The Morgan fingerprint density at radius 3 is 2.50 bits per heavy atom. The van der Waals surface area contributed by atoms with Crippen molar-refractivity contribution in [1.29, 1.82) is 0 Å². The van der Waals surface area contributed by atoms with Crippen LogP contribution in [0, 0.1) is 11.8 Å². The minimum Gasteiger partial charge on any atom is -0.457 e. The van der Waals surface area contributed by atoms with Crippen LogP contribution in [0.5, 0.6) is 0 Å². The monoisotopic (exact) mass is 394 g/mol. The number of rotatable bonds is 3. The number of carbonyl (C=O) groups excluding carboxylic acids is 1. The maximum Gasteiger partial charge on any atom is 0.331 e. The van der Waals surface area contributed by atoms with Gasteiger partial charge >= 0.3 is 5.97 Å². The topological polar surface area (TPSA) is 41.6 Å². The van der Waals surface area contributed by atoms with E-state index in [2.05, 4.69) is 46.3 Å². The van der Waals surface area contributed by atoms with Crippen LogP contribution >= 0.6 is 11.3 Å². The highest BCUT2D eigenvalue weighted by Gasteiger charge is 2.14. The number of anilines is 1. The lowest BCUT2D eigenvalue weighted by Crippen LogP contribution is -2.43. The van der Waals surface area contributed by atoms with Crippen molar-refractivity contribution in [2.75, 3.05) is 31.1 Å². The summed E-state index contributed by atoms with van der Waals surface area (Å²) in [6.45, 7) is 9.71. The van der Waals surface area contributed by atoms with Crippen molar-refractivity contribution in [3.63, 3.8) is 0 Å². The van der Waals surface area contributed by atoms with Gasteiger partial charge in [-0.2, -0.15) is 0 Å². The van der Waals surface area contributed by atoms with Gasteiger partial charge in [0.05, 0.1) is 4.88 Å². The van der Waals surface area contributed by atoms with E-state index in [0.717, 1.165) is 41.5 Å². The standard InChI is InChI=1S/C23H26N2O2S/c1-23(2,3)27-22(26)13-12-21-11-10-20(28-21)9-6-18-4-7-19(8-5-18)25-16-14-24-15-17-25/h4-5,7-8,10-13,24H,14-17H2,1-3H3/b13-12+. The molecule has 0 radical (unpaired) electrons. The van der Waals surface area contributed by atoms with Gasteiger partial charge in [0, 0.05) is 48.4 Å². The third-order valence-corrected chi connectivity index (χ3v) is 5.06. The number of ether oxygens (including phenoxy) is 1. The second-order valence-corrected chi connectivity index (χ2v) is 8.72. The van der Waals surface area contributed by atoms with Crippen LogP contribution < -0.4 is 10.2 Å². The molecule has 0 spiro atoms. The third kappa shape index (κ3) is 6.26. The molecule has 1 aromatic carbocycles. The maximum absolute atomic E-state index is 11.8. The fraction of sp³-hybridized carbons (Fsp3) is 0.348. The Balaban J connectivity index is 1.59. The summed E-state index contributed by atoms with van der Waals surface area (Å²) in [5.74, 6) is 6.08. The molecule has 1 N–H and O–H groups in total.